The number of hydrogen-bond acceptors (Lipinski definition) is 5. The molecule has 0 unspecified atom stereocenters. The summed E-state index contributed by atoms with van der Waals surface area (Å²) >= 11 is 0. The zero-order valence-electron chi connectivity index (χ0n) is 15.6. The molecule has 28 heavy (non-hydrogen) atoms. The van der Waals surface area contributed by atoms with E-state index >= 15 is 0 Å². The second-order valence-corrected chi connectivity index (χ2v) is 6.74. The smallest absolute Gasteiger partial charge is 0.331 e. The van der Waals surface area contributed by atoms with E-state index in [9.17, 15) is 9.59 Å². The quantitative estimate of drug-likeness (QED) is 0.638. The topological polar surface area (TPSA) is 73.3 Å². The van der Waals surface area contributed by atoms with Gasteiger partial charge in [0.15, 0.2) is 0 Å². The van der Waals surface area contributed by atoms with Crippen molar-refractivity contribution in [2.75, 3.05) is 13.1 Å². The molecule has 0 saturated carbocycles. The number of aromatic nitrogens is 3. The molecule has 3 heterocycles. The van der Waals surface area contributed by atoms with Crippen molar-refractivity contribution >= 4 is 0 Å². The summed E-state index contributed by atoms with van der Waals surface area (Å²) in [6.45, 7) is 1.98. The number of rotatable bonds is 3. The lowest BCUT2D eigenvalue weighted by Crippen LogP contribution is -2.47. The number of nitrogens with zero attached hydrogens (tertiary/aromatic N) is 4. The first-order chi connectivity index (χ1) is 13.6. The van der Waals surface area contributed by atoms with Crippen molar-refractivity contribution in [1.82, 2.24) is 19.0 Å². The number of benzene rings is 1. The van der Waals surface area contributed by atoms with E-state index in [1.165, 1.54) is 10.8 Å². The largest absolute Gasteiger partial charge is 0.439 e. The Balaban J connectivity index is 1.61. The van der Waals surface area contributed by atoms with Gasteiger partial charge < -0.3 is 8.98 Å². The van der Waals surface area contributed by atoms with E-state index in [0.717, 1.165) is 17.8 Å². The first-order valence-electron chi connectivity index (χ1n) is 9.09. The SMILES string of the molecule is Cn1c2c(c(=O)n(Cc3ccccc3)c1=O)CN(CC#Cc1ncco1)CC2. The number of oxazole rings is 1. The van der Waals surface area contributed by atoms with Crippen molar-refractivity contribution in [2.45, 2.75) is 19.5 Å². The van der Waals surface area contributed by atoms with Gasteiger partial charge in [-0.05, 0) is 11.5 Å². The Morgan fingerprint density at radius 1 is 1.21 bits per heavy atom. The molecule has 1 aliphatic rings. The van der Waals surface area contributed by atoms with Crippen LogP contribution >= 0.6 is 0 Å². The zero-order chi connectivity index (χ0) is 19.5. The molecule has 1 aromatic carbocycles. The number of fused-ring (bicyclic) bond motifs is 1. The van der Waals surface area contributed by atoms with Gasteiger partial charge in [-0.1, -0.05) is 36.3 Å². The maximum Gasteiger partial charge on any atom is 0.331 e. The Labute approximate surface area is 161 Å². The van der Waals surface area contributed by atoms with E-state index in [2.05, 4.69) is 21.7 Å². The van der Waals surface area contributed by atoms with Crippen molar-refractivity contribution in [2.24, 2.45) is 7.05 Å². The Hall–Kier alpha value is -3.37. The Morgan fingerprint density at radius 3 is 2.79 bits per heavy atom. The Bertz CT molecular complexity index is 1150. The van der Waals surface area contributed by atoms with Crippen molar-refractivity contribution in [3.63, 3.8) is 0 Å². The molecule has 142 valence electrons. The third-order valence-corrected chi connectivity index (χ3v) is 4.93. The van der Waals surface area contributed by atoms with Gasteiger partial charge in [0.05, 0.1) is 24.8 Å². The monoisotopic (exact) mass is 376 g/mol. The molecule has 7 nitrogen and oxygen atoms in total. The van der Waals surface area contributed by atoms with E-state index in [4.69, 9.17) is 4.42 Å². The first-order valence-corrected chi connectivity index (χ1v) is 9.09. The van der Waals surface area contributed by atoms with E-state index in [1.54, 1.807) is 17.8 Å². The molecular weight excluding hydrogens is 356 g/mol. The second-order valence-electron chi connectivity index (χ2n) is 6.74. The van der Waals surface area contributed by atoms with Gasteiger partial charge in [-0.2, -0.15) is 0 Å². The molecule has 0 aliphatic carbocycles. The van der Waals surface area contributed by atoms with Crippen LogP contribution in [0.1, 0.15) is 22.7 Å². The average molecular weight is 376 g/mol. The summed E-state index contributed by atoms with van der Waals surface area (Å²) in [5.41, 5.74) is 1.92. The average Bonchev–Trinajstić information content (AvgIpc) is 3.24. The molecule has 0 radical (unpaired) electrons. The third-order valence-electron chi connectivity index (χ3n) is 4.93. The van der Waals surface area contributed by atoms with Crippen molar-refractivity contribution in [3.8, 4) is 11.8 Å². The van der Waals surface area contributed by atoms with Crippen LogP contribution in [0.25, 0.3) is 0 Å². The van der Waals surface area contributed by atoms with Crippen molar-refractivity contribution in [3.05, 3.63) is 86.3 Å². The van der Waals surface area contributed by atoms with Gasteiger partial charge in [0.2, 0.25) is 0 Å². The molecule has 3 aromatic rings. The molecule has 4 rings (SSSR count). The zero-order valence-corrected chi connectivity index (χ0v) is 15.6. The van der Waals surface area contributed by atoms with Gasteiger partial charge in [0.25, 0.3) is 11.4 Å². The van der Waals surface area contributed by atoms with Crippen LogP contribution in [0.3, 0.4) is 0 Å². The van der Waals surface area contributed by atoms with Crippen LogP contribution in [-0.2, 0) is 26.6 Å². The fourth-order valence-corrected chi connectivity index (χ4v) is 3.47. The summed E-state index contributed by atoms with van der Waals surface area (Å²) in [6, 6.07) is 9.54. The van der Waals surface area contributed by atoms with Crippen LogP contribution in [0.2, 0.25) is 0 Å². The van der Waals surface area contributed by atoms with Gasteiger partial charge in [-0.3, -0.25) is 14.3 Å². The lowest BCUT2D eigenvalue weighted by atomic mass is 10.1. The highest BCUT2D eigenvalue weighted by atomic mass is 16.3. The molecule has 0 bridgehead atoms. The van der Waals surface area contributed by atoms with Gasteiger partial charge in [-0.25, -0.2) is 9.78 Å². The van der Waals surface area contributed by atoms with E-state index in [0.29, 0.717) is 31.0 Å². The highest BCUT2D eigenvalue weighted by Gasteiger charge is 2.23. The minimum Gasteiger partial charge on any atom is -0.439 e. The Kier molecular flexibility index (Phi) is 4.96. The molecule has 0 N–H and O–H groups in total. The molecule has 0 saturated heterocycles. The van der Waals surface area contributed by atoms with E-state index < -0.39 is 0 Å². The molecule has 2 aromatic heterocycles. The molecule has 0 atom stereocenters. The minimum atomic E-state index is -0.273. The van der Waals surface area contributed by atoms with E-state index in [-0.39, 0.29) is 17.8 Å². The summed E-state index contributed by atoms with van der Waals surface area (Å²) in [5.74, 6) is 6.28. The Morgan fingerprint density at radius 2 is 2.04 bits per heavy atom. The second kappa shape index (κ2) is 7.71. The van der Waals surface area contributed by atoms with Gasteiger partial charge in [0, 0.05) is 32.3 Å². The van der Waals surface area contributed by atoms with Crippen molar-refractivity contribution < 1.29 is 4.42 Å². The van der Waals surface area contributed by atoms with Crippen LogP contribution in [-0.4, -0.2) is 32.1 Å². The highest BCUT2D eigenvalue weighted by Crippen LogP contribution is 2.14. The normalized spacial score (nSPS) is 13.6. The summed E-state index contributed by atoms with van der Waals surface area (Å²) in [6.07, 6.45) is 3.68. The molecular formula is C21H20N4O3. The van der Waals surface area contributed by atoms with Crippen LogP contribution in [0, 0.1) is 11.8 Å². The summed E-state index contributed by atoms with van der Waals surface area (Å²) in [4.78, 5) is 31.8. The molecule has 0 fully saturated rings. The predicted molar refractivity (Wildman–Crippen MR) is 104 cm³/mol. The first kappa shape index (κ1) is 18.0. The molecule has 0 amide bonds. The van der Waals surface area contributed by atoms with Crippen LogP contribution in [0.5, 0.6) is 0 Å². The van der Waals surface area contributed by atoms with Crippen LogP contribution < -0.4 is 11.2 Å². The van der Waals surface area contributed by atoms with E-state index in [1.807, 2.05) is 30.3 Å². The summed E-state index contributed by atoms with van der Waals surface area (Å²) in [5, 5.41) is 0. The number of hydrogen-bond donors (Lipinski definition) is 0. The lowest BCUT2D eigenvalue weighted by Gasteiger charge is -2.28. The fraction of sp³-hybridized carbons (Fsp3) is 0.286. The van der Waals surface area contributed by atoms with Crippen molar-refractivity contribution in [1.29, 1.82) is 0 Å². The van der Waals surface area contributed by atoms with Crippen LogP contribution in [0.15, 0.2) is 56.8 Å². The molecule has 0 spiro atoms. The molecule has 1 aliphatic heterocycles. The maximum atomic E-state index is 13.1. The maximum absolute atomic E-state index is 13.1. The minimum absolute atomic E-state index is 0.215. The fourth-order valence-electron chi connectivity index (χ4n) is 3.47. The van der Waals surface area contributed by atoms with Crippen LogP contribution in [0.4, 0.5) is 0 Å². The predicted octanol–water partition coefficient (Wildman–Crippen LogP) is 0.993. The standard InChI is InChI=1S/C21H20N4O3/c1-23-18-9-12-24(11-5-8-19-22-10-13-28-19)15-17(18)20(26)25(21(23)27)14-16-6-3-2-4-7-16/h2-4,6-7,10,13H,9,11-12,14-15H2,1H3. The summed E-state index contributed by atoms with van der Waals surface area (Å²) < 4.78 is 8.03. The summed E-state index contributed by atoms with van der Waals surface area (Å²) in [7, 11) is 1.74. The van der Waals surface area contributed by atoms with Gasteiger partial charge in [0.1, 0.15) is 6.26 Å². The van der Waals surface area contributed by atoms with Gasteiger partial charge >= 0.3 is 5.69 Å². The van der Waals surface area contributed by atoms with Gasteiger partial charge in [-0.15, -0.1) is 0 Å². The highest BCUT2D eigenvalue weighted by molar-refractivity contribution is 5.24. The lowest BCUT2D eigenvalue weighted by molar-refractivity contribution is 0.275. The molecule has 7 heteroatoms. The third kappa shape index (κ3) is 3.55.